The highest BCUT2D eigenvalue weighted by atomic mass is 19.1. The predicted molar refractivity (Wildman–Crippen MR) is 151 cm³/mol. The molecule has 0 amide bonds. The molecule has 0 spiro atoms. The first-order valence-electron chi connectivity index (χ1n) is 13.6. The summed E-state index contributed by atoms with van der Waals surface area (Å²) < 4.78 is 35.5. The molecular formula is C30H47FN2O6. The summed E-state index contributed by atoms with van der Waals surface area (Å²) >= 11 is 0. The van der Waals surface area contributed by atoms with Crippen LogP contribution in [0.25, 0.3) is 0 Å². The van der Waals surface area contributed by atoms with E-state index in [1.807, 2.05) is 51.1 Å². The molecule has 0 aromatic heterocycles. The Labute approximate surface area is 232 Å². The van der Waals surface area contributed by atoms with Gasteiger partial charge < -0.3 is 35.5 Å². The highest BCUT2D eigenvalue weighted by Crippen LogP contribution is 2.33. The fourth-order valence-electron chi connectivity index (χ4n) is 3.98. The number of hydrogen-bond acceptors (Lipinski definition) is 8. The van der Waals surface area contributed by atoms with Crippen molar-refractivity contribution < 1.29 is 33.2 Å². The Morgan fingerprint density at radius 2 is 1.74 bits per heavy atom. The maximum Gasteiger partial charge on any atom is 0.309 e. The van der Waals surface area contributed by atoms with Crippen LogP contribution in [0.5, 0.6) is 0 Å². The number of aliphatic hydroxyl groups is 1. The molecular weight excluding hydrogens is 503 g/mol. The zero-order valence-corrected chi connectivity index (χ0v) is 23.9. The molecule has 5 atom stereocenters. The van der Waals surface area contributed by atoms with Crippen LogP contribution in [0, 0.1) is 11.7 Å². The number of carbonyl (C=O) groups excluding carboxylic acids is 1. The van der Waals surface area contributed by atoms with Crippen molar-refractivity contribution >= 4 is 11.7 Å². The smallest absolute Gasteiger partial charge is 0.309 e. The normalized spacial score (nSPS) is 20.0. The molecule has 1 aliphatic heterocycles. The monoisotopic (exact) mass is 550 g/mol. The van der Waals surface area contributed by atoms with Gasteiger partial charge in [0.2, 0.25) is 0 Å². The summed E-state index contributed by atoms with van der Waals surface area (Å²) in [6.45, 7) is 6.14. The van der Waals surface area contributed by atoms with Crippen LogP contribution in [0.4, 0.5) is 10.1 Å². The average molecular weight is 551 g/mol. The lowest BCUT2D eigenvalue weighted by atomic mass is 10.00. The van der Waals surface area contributed by atoms with Crippen LogP contribution in [0.15, 0.2) is 54.6 Å². The Kier molecular flexibility index (Phi) is 17.2. The van der Waals surface area contributed by atoms with E-state index >= 15 is 0 Å². The number of aliphatic hydroxyl groups excluding tert-OH is 1. The number of nitrogens with two attached hydrogens (primary N) is 2. The first kappa shape index (κ1) is 34.5. The van der Waals surface area contributed by atoms with E-state index in [4.69, 9.17) is 24.7 Å². The number of nitrogen functional groups attached to an aromatic ring is 1. The van der Waals surface area contributed by atoms with Gasteiger partial charge in [-0.25, -0.2) is 4.39 Å². The largest absolute Gasteiger partial charge is 0.456 e. The Morgan fingerprint density at radius 3 is 2.21 bits per heavy atom. The van der Waals surface area contributed by atoms with Gasteiger partial charge in [-0.3, -0.25) is 4.79 Å². The minimum atomic E-state index is -0.716. The van der Waals surface area contributed by atoms with Gasteiger partial charge in [-0.05, 0) is 63.4 Å². The molecule has 220 valence electrons. The zero-order valence-electron chi connectivity index (χ0n) is 23.9. The molecule has 1 saturated carbocycles. The maximum absolute atomic E-state index is 12.4. The van der Waals surface area contributed by atoms with Gasteiger partial charge in [0.25, 0.3) is 0 Å². The quantitative estimate of drug-likeness (QED) is 0.292. The SMILES string of the molecule is CC.CN.COC(CO)C(OC(=O)C1CC1)C(OCc1ccccc1)C1CCC(C)O1.Nc1cccc(F)c1. The lowest BCUT2D eigenvalue weighted by molar-refractivity contribution is -0.192. The van der Waals surface area contributed by atoms with Crippen molar-refractivity contribution in [3.63, 3.8) is 0 Å². The molecule has 4 rings (SSSR count). The molecule has 2 aromatic carbocycles. The number of hydrogen-bond donors (Lipinski definition) is 3. The summed E-state index contributed by atoms with van der Waals surface area (Å²) in [4.78, 5) is 12.4. The standard InChI is InChI=1S/C21H30O6.C6H6FN.C2H6.CH5N/c1-14-8-11-17(26-14)19(25-13-15-6-4-3-5-7-15)20(18(12-22)24-2)27-21(23)16-9-10-16;7-5-2-1-3-6(8)4-5;2*1-2/h3-7,14,16-20,22H,8-13H2,1-2H3;1-4H,8H2;1-2H3;2H2,1H3. The summed E-state index contributed by atoms with van der Waals surface area (Å²) in [6.07, 6.45) is 1.51. The minimum absolute atomic E-state index is 0.0399. The summed E-state index contributed by atoms with van der Waals surface area (Å²) in [5.41, 5.74) is 11.2. The van der Waals surface area contributed by atoms with Crippen molar-refractivity contribution in [1.82, 2.24) is 0 Å². The highest BCUT2D eigenvalue weighted by Gasteiger charge is 2.44. The third-order valence-corrected chi connectivity index (χ3v) is 6.10. The number of benzene rings is 2. The Morgan fingerprint density at radius 1 is 1.08 bits per heavy atom. The van der Waals surface area contributed by atoms with Crippen LogP contribution < -0.4 is 11.5 Å². The lowest BCUT2D eigenvalue weighted by Gasteiger charge is -2.34. The topological polar surface area (TPSA) is 126 Å². The number of esters is 1. The minimum Gasteiger partial charge on any atom is -0.456 e. The Hall–Kier alpha value is -2.56. The van der Waals surface area contributed by atoms with E-state index in [1.54, 1.807) is 12.1 Å². The van der Waals surface area contributed by atoms with Crippen LogP contribution in [-0.4, -0.2) is 62.4 Å². The van der Waals surface area contributed by atoms with E-state index in [2.05, 4.69) is 5.73 Å². The molecule has 0 bridgehead atoms. The van der Waals surface area contributed by atoms with E-state index in [0.29, 0.717) is 12.3 Å². The third-order valence-electron chi connectivity index (χ3n) is 6.10. The molecule has 2 aromatic rings. The van der Waals surface area contributed by atoms with Gasteiger partial charge in [-0.15, -0.1) is 0 Å². The first-order chi connectivity index (χ1) is 18.9. The highest BCUT2D eigenvalue weighted by molar-refractivity contribution is 5.75. The Balaban J connectivity index is 0.000000532. The molecule has 1 heterocycles. The van der Waals surface area contributed by atoms with E-state index in [1.165, 1.54) is 26.3 Å². The predicted octanol–water partition coefficient (Wildman–Crippen LogP) is 4.48. The average Bonchev–Trinajstić information content (AvgIpc) is 3.73. The lowest BCUT2D eigenvalue weighted by Crippen LogP contribution is -2.50. The number of anilines is 1. The van der Waals surface area contributed by atoms with Crippen LogP contribution >= 0.6 is 0 Å². The van der Waals surface area contributed by atoms with Gasteiger partial charge in [0.05, 0.1) is 31.3 Å². The van der Waals surface area contributed by atoms with Gasteiger partial charge in [0.15, 0.2) is 6.10 Å². The number of halogens is 1. The van der Waals surface area contributed by atoms with Crippen molar-refractivity contribution in [1.29, 1.82) is 0 Å². The summed E-state index contributed by atoms with van der Waals surface area (Å²) in [5.74, 6) is -0.568. The van der Waals surface area contributed by atoms with E-state index in [9.17, 15) is 14.3 Å². The van der Waals surface area contributed by atoms with Crippen molar-refractivity contribution in [2.45, 2.75) is 83.6 Å². The van der Waals surface area contributed by atoms with Crippen LogP contribution in [0.2, 0.25) is 0 Å². The molecule has 5 unspecified atom stereocenters. The molecule has 39 heavy (non-hydrogen) atoms. The van der Waals surface area contributed by atoms with Crippen LogP contribution in [0.1, 0.15) is 52.0 Å². The second-order valence-electron chi connectivity index (χ2n) is 9.01. The van der Waals surface area contributed by atoms with Crippen molar-refractivity contribution in [2.24, 2.45) is 11.7 Å². The molecule has 0 radical (unpaired) electrons. The molecule has 5 N–H and O–H groups in total. The van der Waals surface area contributed by atoms with Gasteiger partial charge >= 0.3 is 5.97 Å². The summed E-state index contributed by atoms with van der Waals surface area (Å²) in [6, 6.07) is 15.7. The van der Waals surface area contributed by atoms with Crippen LogP contribution in [0.3, 0.4) is 0 Å². The van der Waals surface area contributed by atoms with Crippen LogP contribution in [-0.2, 0) is 30.3 Å². The number of rotatable bonds is 10. The van der Waals surface area contributed by atoms with Gasteiger partial charge in [-0.2, -0.15) is 0 Å². The second kappa shape index (κ2) is 19.5. The van der Waals surface area contributed by atoms with Gasteiger partial charge in [0.1, 0.15) is 18.0 Å². The zero-order chi connectivity index (χ0) is 29.2. The molecule has 2 aliphatic rings. The fraction of sp³-hybridized carbons (Fsp3) is 0.567. The molecule has 9 heteroatoms. The Bertz CT molecular complexity index is 894. The number of carbonyl (C=O) groups is 1. The van der Waals surface area contributed by atoms with Crippen molar-refractivity contribution in [3.05, 3.63) is 66.0 Å². The van der Waals surface area contributed by atoms with E-state index in [0.717, 1.165) is 31.2 Å². The first-order valence-corrected chi connectivity index (χ1v) is 13.6. The fourth-order valence-corrected chi connectivity index (χ4v) is 3.98. The molecule has 1 aliphatic carbocycles. The summed E-state index contributed by atoms with van der Waals surface area (Å²) in [5, 5.41) is 9.78. The van der Waals surface area contributed by atoms with E-state index < -0.39 is 18.3 Å². The number of methoxy groups -OCH3 is 1. The summed E-state index contributed by atoms with van der Waals surface area (Å²) in [7, 11) is 3.01. The van der Waals surface area contributed by atoms with Crippen molar-refractivity contribution in [3.8, 4) is 0 Å². The molecule has 8 nitrogen and oxygen atoms in total. The van der Waals surface area contributed by atoms with Crippen molar-refractivity contribution in [2.75, 3.05) is 26.5 Å². The number of ether oxygens (including phenoxy) is 4. The second-order valence-corrected chi connectivity index (χ2v) is 9.01. The third kappa shape index (κ3) is 12.4. The maximum atomic E-state index is 12.4. The van der Waals surface area contributed by atoms with Gasteiger partial charge in [0, 0.05) is 12.8 Å². The molecule has 1 saturated heterocycles. The van der Waals surface area contributed by atoms with E-state index in [-0.39, 0.29) is 36.5 Å². The van der Waals surface area contributed by atoms with Gasteiger partial charge in [-0.1, -0.05) is 50.2 Å². The molecule has 2 fully saturated rings.